The lowest BCUT2D eigenvalue weighted by atomic mass is 10.00. The van der Waals surface area contributed by atoms with Gasteiger partial charge >= 0.3 is 0 Å². The summed E-state index contributed by atoms with van der Waals surface area (Å²) in [5, 5.41) is 0. The zero-order valence-electron chi connectivity index (χ0n) is 16.8. The highest BCUT2D eigenvalue weighted by Gasteiger charge is 2.61. The van der Waals surface area contributed by atoms with E-state index in [1.54, 1.807) is 0 Å². The van der Waals surface area contributed by atoms with Crippen LogP contribution in [-0.4, -0.2) is 61.6 Å². The summed E-state index contributed by atoms with van der Waals surface area (Å²) in [5.74, 6) is 1.65. The molecule has 0 unspecified atom stereocenters. The Balaban J connectivity index is 1.49. The molecule has 25 heavy (non-hydrogen) atoms. The quantitative estimate of drug-likeness (QED) is 0.716. The van der Waals surface area contributed by atoms with Gasteiger partial charge in [0.05, 0.1) is 12.5 Å². The number of hydrogen-bond donors (Lipinski definition) is 0. The summed E-state index contributed by atoms with van der Waals surface area (Å²) < 4.78 is 5.50. The van der Waals surface area contributed by atoms with E-state index >= 15 is 0 Å². The van der Waals surface area contributed by atoms with Crippen molar-refractivity contribution in [3.63, 3.8) is 0 Å². The number of nitrogens with zero attached hydrogens (tertiary/aromatic N) is 2. The van der Waals surface area contributed by atoms with E-state index in [9.17, 15) is 4.79 Å². The fourth-order valence-electron chi connectivity index (χ4n) is 4.80. The molecule has 0 aromatic rings. The van der Waals surface area contributed by atoms with Crippen LogP contribution in [-0.2, 0) is 9.53 Å². The highest BCUT2D eigenvalue weighted by atomic mass is 16.5. The first-order chi connectivity index (χ1) is 11.8. The van der Waals surface area contributed by atoms with Gasteiger partial charge in [-0.3, -0.25) is 4.79 Å². The Kier molecular flexibility index (Phi) is 5.60. The standard InChI is InChI=1S/C21H36N2O2/c1-15(2)12-18-19(21(18,3)4)20(24)22(5)17-6-9-23(10-7-17)13-16-8-11-25-14-16/h12,16-19H,6-11,13-14H2,1-5H3/t16-,18-,19-/m1/s1. The van der Waals surface area contributed by atoms with Gasteiger partial charge in [0.1, 0.15) is 0 Å². The van der Waals surface area contributed by atoms with Crippen LogP contribution < -0.4 is 0 Å². The number of carbonyl (C=O) groups is 1. The first-order valence-corrected chi connectivity index (χ1v) is 10.0. The van der Waals surface area contributed by atoms with Crippen LogP contribution in [0.2, 0.25) is 0 Å². The van der Waals surface area contributed by atoms with Gasteiger partial charge in [0.2, 0.25) is 5.91 Å². The summed E-state index contributed by atoms with van der Waals surface area (Å²) in [4.78, 5) is 17.7. The zero-order chi connectivity index (χ0) is 18.2. The average molecular weight is 349 g/mol. The molecule has 0 spiro atoms. The van der Waals surface area contributed by atoms with Crippen LogP contribution in [0.5, 0.6) is 0 Å². The SMILES string of the molecule is CC(C)=C[C@@H]1[C@H](C(=O)N(C)C2CCN(C[C@H]3CCOC3)CC2)C1(C)C. The molecule has 1 amide bonds. The van der Waals surface area contributed by atoms with Crippen LogP contribution in [0.15, 0.2) is 11.6 Å². The monoisotopic (exact) mass is 348 g/mol. The first kappa shape index (κ1) is 18.9. The van der Waals surface area contributed by atoms with E-state index in [-0.39, 0.29) is 11.3 Å². The molecule has 1 saturated carbocycles. The lowest BCUT2D eigenvalue weighted by Crippen LogP contribution is -2.47. The minimum absolute atomic E-state index is 0.117. The van der Waals surface area contributed by atoms with E-state index in [2.05, 4.69) is 43.6 Å². The Morgan fingerprint density at radius 1 is 1.24 bits per heavy atom. The minimum atomic E-state index is 0.117. The smallest absolute Gasteiger partial charge is 0.226 e. The van der Waals surface area contributed by atoms with Crippen molar-refractivity contribution in [1.29, 1.82) is 0 Å². The Hall–Kier alpha value is -0.870. The second-order valence-electron chi connectivity index (χ2n) is 9.28. The number of likely N-dealkylation sites (tertiary alicyclic amines) is 1. The van der Waals surface area contributed by atoms with E-state index in [0.29, 0.717) is 23.8 Å². The first-order valence-electron chi connectivity index (χ1n) is 10.0. The molecule has 3 atom stereocenters. The minimum Gasteiger partial charge on any atom is -0.381 e. The molecule has 0 bridgehead atoms. The van der Waals surface area contributed by atoms with E-state index in [1.807, 2.05) is 7.05 Å². The maximum atomic E-state index is 13.0. The molecule has 0 aromatic carbocycles. The molecule has 142 valence electrons. The van der Waals surface area contributed by atoms with E-state index in [0.717, 1.165) is 39.1 Å². The van der Waals surface area contributed by atoms with Crippen molar-refractivity contribution in [2.24, 2.45) is 23.2 Å². The van der Waals surface area contributed by atoms with Gasteiger partial charge in [-0.25, -0.2) is 0 Å². The Morgan fingerprint density at radius 2 is 1.92 bits per heavy atom. The third-order valence-corrected chi connectivity index (χ3v) is 6.68. The molecule has 3 fully saturated rings. The normalized spacial score (nSPS) is 32.4. The molecule has 1 aliphatic carbocycles. The highest BCUT2D eigenvalue weighted by Crippen LogP contribution is 2.60. The molecule has 4 heteroatoms. The molecule has 4 nitrogen and oxygen atoms in total. The second kappa shape index (κ2) is 7.40. The Bertz CT molecular complexity index is 510. The summed E-state index contributed by atoms with van der Waals surface area (Å²) in [5.41, 5.74) is 1.44. The van der Waals surface area contributed by atoms with Gasteiger partial charge in [-0.2, -0.15) is 0 Å². The molecule has 0 aromatic heterocycles. The van der Waals surface area contributed by atoms with Crippen LogP contribution in [0.25, 0.3) is 0 Å². The predicted molar refractivity (Wildman–Crippen MR) is 101 cm³/mol. The van der Waals surface area contributed by atoms with Crippen molar-refractivity contribution in [3.05, 3.63) is 11.6 Å². The van der Waals surface area contributed by atoms with Crippen molar-refractivity contribution in [1.82, 2.24) is 9.80 Å². The van der Waals surface area contributed by atoms with Crippen molar-refractivity contribution in [2.75, 3.05) is 39.9 Å². The molecule has 2 aliphatic heterocycles. The van der Waals surface area contributed by atoms with Gasteiger partial charge < -0.3 is 14.5 Å². The van der Waals surface area contributed by atoms with Crippen molar-refractivity contribution >= 4 is 5.91 Å². The fourth-order valence-corrected chi connectivity index (χ4v) is 4.80. The van der Waals surface area contributed by atoms with Crippen LogP contribution in [0.4, 0.5) is 0 Å². The summed E-state index contributed by atoms with van der Waals surface area (Å²) in [6.07, 6.45) is 5.72. The number of carbonyl (C=O) groups excluding carboxylic acids is 1. The van der Waals surface area contributed by atoms with E-state index in [4.69, 9.17) is 4.74 Å². The maximum absolute atomic E-state index is 13.0. The Morgan fingerprint density at radius 3 is 2.48 bits per heavy atom. The van der Waals surface area contributed by atoms with Crippen LogP contribution in [0.1, 0.15) is 47.0 Å². The van der Waals surface area contributed by atoms with E-state index in [1.165, 1.54) is 18.5 Å². The lowest BCUT2D eigenvalue weighted by Gasteiger charge is -2.37. The summed E-state index contributed by atoms with van der Waals surface area (Å²) in [7, 11) is 2.03. The third-order valence-electron chi connectivity index (χ3n) is 6.68. The molecule has 0 N–H and O–H groups in total. The number of piperidine rings is 1. The topological polar surface area (TPSA) is 32.8 Å². The van der Waals surface area contributed by atoms with Gasteiger partial charge in [0.15, 0.2) is 0 Å². The highest BCUT2D eigenvalue weighted by molar-refractivity contribution is 5.84. The van der Waals surface area contributed by atoms with Gasteiger partial charge in [-0.15, -0.1) is 0 Å². The molecule has 0 radical (unpaired) electrons. The molecule has 2 heterocycles. The van der Waals surface area contributed by atoms with Gasteiger partial charge in [0.25, 0.3) is 0 Å². The number of amides is 1. The third kappa shape index (κ3) is 4.11. The van der Waals surface area contributed by atoms with Crippen molar-refractivity contribution < 1.29 is 9.53 Å². The zero-order valence-corrected chi connectivity index (χ0v) is 16.8. The fraction of sp³-hybridized carbons (Fsp3) is 0.857. The Labute approximate surface area is 153 Å². The van der Waals surface area contributed by atoms with Crippen LogP contribution >= 0.6 is 0 Å². The molecule has 3 rings (SSSR count). The number of hydrogen-bond acceptors (Lipinski definition) is 3. The largest absolute Gasteiger partial charge is 0.381 e. The van der Waals surface area contributed by atoms with E-state index < -0.39 is 0 Å². The van der Waals surface area contributed by atoms with Crippen molar-refractivity contribution in [3.8, 4) is 0 Å². The van der Waals surface area contributed by atoms with Crippen molar-refractivity contribution in [2.45, 2.75) is 53.0 Å². The molecule has 2 saturated heterocycles. The lowest BCUT2D eigenvalue weighted by molar-refractivity contribution is -0.135. The number of allylic oxidation sites excluding steroid dienone is 2. The molecular weight excluding hydrogens is 312 g/mol. The summed E-state index contributed by atoms with van der Waals surface area (Å²) >= 11 is 0. The average Bonchev–Trinajstić information content (AvgIpc) is 2.92. The maximum Gasteiger partial charge on any atom is 0.226 e. The summed E-state index contributed by atoms with van der Waals surface area (Å²) in [6.45, 7) is 14.0. The summed E-state index contributed by atoms with van der Waals surface area (Å²) in [6, 6.07) is 0.410. The predicted octanol–water partition coefficient (Wildman–Crippen LogP) is 3.18. The van der Waals surface area contributed by atoms with Crippen LogP contribution in [0.3, 0.4) is 0 Å². The second-order valence-corrected chi connectivity index (χ2v) is 9.28. The van der Waals surface area contributed by atoms with Crippen LogP contribution in [0, 0.1) is 23.2 Å². The van der Waals surface area contributed by atoms with Gasteiger partial charge in [-0.1, -0.05) is 25.5 Å². The van der Waals surface area contributed by atoms with Gasteiger partial charge in [0, 0.05) is 39.3 Å². The molecule has 3 aliphatic rings. The number of ether oxygens (including phenoxy) is 1. The molecular formula is C21H36N2O2. The van der Waals surface area contributed by atoms with Gasteiger partial charge in [-0.05, 0) is 50.4 Å². The number of rotatable bonds is 5.